The zero-order chi connectivity index (χ0) is 47.1. The number of ether oxygens (including phenoxy) is 6. The standard InChI is InChI=1S/C24H36O4.C17H26O3.C9H13F3O2/c1-7-8-9-12-20-16-22(26-5)21(23(17-20)27-6)15-14-19(4)28-24(25)13-10-11-18(2)3;1-5-6-7-8-14-11-16(19-3)15(10-9-13(2)18)17(12-14)20-4;1-7(2)4-3-5-8(13)14-6-9(10,11)12/h14-17,19H,2,7-13H2,1,3-6H3;9-13,18H,5-8H2,1-4H3;1,3-6H2,2H3/b15-14+;10-9+;/t19-;;/m0../s1. The average Bonchev–Trinajstić information content (AvgIpc) is 3.21. The van der Waals surface area contributed by atoms with Crippen molar-refractivity contribution in [3.05, 3.63) is 83.0 Å². The molecule has 0 aromatic heterocycles. The Morgan fingerprint density at radius 1 is 0.645 bits per heavy atom. The van der Waals surface area contributed by atoms with Crippen LogP contribution in [0.5, 0.6) is 23.0 Å². The second kappa shape index (κ2) is 32.9. The molecule has 0 bridgehead atoms. The van der Waals surface area contributed by atoms with Gasteiger partial charge in [-0.15, -0.1) is 13.2 Å². The molecule has 0 aliphatic carbocycles. The number of alkyl halides is 3. The lowest BCUT2D eigenvalue weighted by molar-refractivity contribution is -0.186. The van der Waals surface area contributed by atoms with Crippen molar-refractivity contribution >= 4 is 24.1 Å². The highest BCUT2D eigenvalue weighted by molar-refractivity contribution is 5.71. The molecular weight excluding hydrogens is 802 g/mol. The lowest BCUT2D eigenvalue weighted by Crippen LogP contribution is -2.20. The van der Waals surface area contributed by atoms with Gasteiger partial charge < -0.3 is 33.5 Å². The van der Waals surface area contributed by atoms with Crippen LogP contribution in [0.25, 0.3) is 12.2 Å². The molecule has 0 saturated heterocycles. The summed E-state index contributed by atoms with van der Waals surface area (Å²) in [7, 11) is 6.63. The monoisotopic (exact) mass is 877 g/mol. The van der Waals surface area contributed by atoms with Gasteiger partial charge in [0.15, 0.2) is 6.61 Å². The number of allylic oxidation sites excluding steroid dienone is 2. The van der Waals surface area contributed by atoms with Crippen LogP contribution in [0.15, 0.2) is 60.7 Å². The van der Waals surface area contributed by atoms with E-state index in [9.17, 15) is 27.9 Å². The summed E-state index contributed by atoms with van der Waals surface area (Å²) in [4.78, 5) is 22.6. The molecule has 0 amide bonds. The second-order valence-corrected chi connectivity index (χ2v) is 15.3. The molecule has 1 N–H and O–H groups in total. The van der Waals surface area contributed by atoms with Crippen LogP contribution in [0, 0.1) is 0 Å². The van der Waals surface area contributed by atoms with E-state index in [-0.39, 0.29) is 18.5 Å². The minimum atomic E-state index is -4.44. The fourth-order valence-electron chi connectivity index (χ4n) is 5.84. The lowest BCUT2D eigenvalue weighted by Gasteiger charge is -2.14. The maximum atomic E-state index is 11.9. The van der Waals surface area contributed by atoms with E-state index in [1.807, 2.05) is 32.1 Å². The van der Waals surface area contributed by atoms with Crippen LogP contribution in [0.4, 0.5) is 13.2 Å². The van der Waals surface area contributed by atoms with E-state index in [2.05, 4.69) is 56.0 Å². The molecule has 2 aromatic rings. The Balaban J connectivity index is 0.000000958. The zero-order valence-electron chi connectivity index (χ0n) is 39.1. The molecule has 2 aromatic carbocycles. The van der Waals surface area contributed by atoms with Crippen LogP contribution < -0.4 is 18.9 Å². The molecule has 0 fully saturated rings. The molecule has 2 rings (SSSR count). The topological polar surface area (TPSA) is 110 Å². The van der Waals surface area contributed by atoms with Crippen LogP contribution in [-0.2, 0) is 31.9 Å². The van der Waals surface area contributed by atoms with E-state index in [4.69, 9.17) is 23.7 Å². The second-order valence-electron chi connectivity index (χ2n) is 15.3. The summed E-state index contributed by atoms with van der Waals surface area (Å²) < 4.78 is 66.2. The number of hydrogen-bond acceptors (Lipinski definition) is 9. The van der Waals surface area contributed by atoms with Gasteiger partial charge in [0.25, 0.3) is 0 Å². The Bertz CT molecular complexity index is 1630. The van der Waals surface area contributed by atoms with Crippen molar-refractivity contribution in [3.8, 4) is 23.0 Å². The molecule has 350 valence electrons. The first-order chi connectivity index (χ1) is 29.3. The summed E-state index contributed by atoms with van der Waals surface area (Å²) in [5.41, 5.74) is 6.13. The molecule has 0 radical (unpaired) electrons. The van der Waals surface area contributed by atoms with Crippen LogP contribution in [0.3, 0.4) is 0 Å². The Labute approximate surface area is 370 Å². The summed E-state index contributed by atoms with van der Waals surface area (Å²) in [6, 6.07) is 8.23. The number of esters is 2. The molecule has 62 heavy (non-hydrogen) atoms. The van der Waals surface area contributed by atoms with Gasteiger partial charge in [0, 0.05) is 12.8 Å². The SMILES string of the molecule is C=C(C)CCCC(=O)OCC(F)(F)F.C=C(C)CCCC(=O)O[C@@H](C)/C=C/c1c(OC)cc(CCCCC)cc1OC.CCCCCc1cc(OC)c(/C=C/C(C)O)c(OC)c1. The quantitative estimate of drug-likeness (QED) is 0.0561. The highest BCUT2D eigenvalue weighted by atomic mass is 19.4. The predicted octanol–water partition coefficient (Wildman–Crippen LogP) is 12.8. The van der Waals surface area contributed by atoms with Gasteiger partial charge in [-0.1, -0.05) is 56.8 Å². The summed E-state index contributed by atoms with van der Waals surface area (Å²) in [6.45, 7) is 17.7. The largest absolute Gasteiger partial charge is 0.496 e. The summed E-state index contributed by atoms with van der Waals surface area (Å²) in [5, 5.41) is 9.37. The van der Waals surface area contributed by atoms with E-state index in [0.29, 0.717) is 19.3 Å². The number of methoxy groups -OCH3 is 4. The number of halogens is 3. The van der Waals surface area contributed by atoms with E-state index >= 15 is 0 Å². The first kappa shape index (κ1) is 57.3. The Kier molecular flexibility index (Phi) is 30.4. The molecule has 0 aliphatic rings. The maximum absolute atomic E-state index is 11.9. The van der Waals surface area contributed by atoms with Gasteiger partial charge in [-0.2, -0.15) is 13.2 Å². The van der Waals surface area contributed by atoms with Crippen molar-refractivity contribution in [3.63, 3.8) is 0 Å². The Hall–Kier alpha value is -4.71. The molecule has 0 aliphatic heterocycles. The van der Waals surface area contributed by atoms with Crippen molar-refractivity contribution in [2.24, 2.45) is 0 Å². The third-order valence-electron chi connectivity index (χ3n) is 9.10. The maximum Gasteiger partial charge on any atom is 0.422 e. The van der Waals surface area contributed by atoms with Crippen molar-refractivity contribution < 1.29 is 56.3 Å². The van der Waals surface area contributed by atoms with Gasteiger partial charge in [-0.05, 0) is 133 Å². The number of aliphatic hydroxyl groups excluding tert-OH is 1. The van der Waals surface area contributed by atoms with E-state index in [0.717, 1.165) is 77.4 Å². The number of carbonyl (C=O) groups is 2. The lowest BCUT2D eigenvalue weighted by atomic mass is 10.0. The average molecular weight is 877 g/mol. The Morgan fingerprint density at radius 3 is 1.37 bits per heavy atom. The molecule has 2 atom stereocenters. The van der Waals surface area contributed by atoms with Gasteiger partial charge >= 0.3 is 18.1 Å². The molecule has 0 saturated carbocycles. The van der Waals surface area contributed by atoms with Crippen molar-refractivity contribution in [2.75, 3.05) is 35.0 Å². The van der Waals surface area contributed by atoms with Crippen LogP contribution in [0.1, 0.15) is 141 Å². The zero-order valence-corrected chi connectivity index (χ0v) is 39.1. The van der Waals surface area contributed by atoms with Gasteiger partial charge in [0.2, 0.25) is 0 Å². The summed E-state index contributed by atoms with van der Waals surface area (Å²) in [5.74, 6) is 2.09. The highest BCUT2D eigenvalue weighted by Crippen LogP contribution is 2.34. The minimum absolute atomic E-state index is 0.00292. The van der Waals surface area contributed by atoms with E-state index < -0.39 is 24.9 Å². The summed E-state index contributed by atoms with van der Waals surface area (Å²) in [6.07, 6.45) is 14.4. The number of aryl methyl sites for hydroxylation is 2. The number of benzene rings is 2. The first-order valence-corrected chi connectivity index (χ1v) is 21.6. The number of aliphatic hydroxyl groups is 1. The predicted molar refractivity (Wildman–Crippen MR) is 245 cm³/mol. The van der Waals surface area contributed by atoms with E-state index in [1.54, 1.807) is 48.4 Å². The molecule has 12 heteroatoms. The molecule has 0 heterocycles. The summed E-state index contributed by atoms with van der Waals surface area (Å²) >= 11 is 0. The molecule has 0 spiro atoms. The fourth-order valence-corrected chi connectivity index (χ4v) is 5.84. The Morgan fingerprint density at radius 2 is 1.03 bits per heavy atom. The van der Waals surface area contributed by atoms with Gasteiger partial charge in [-0.3, -0.25) is 9.59 Å². The molecule has 1 unspecified atom stereocenters. The third kappa shape index (κ3) is 27.3. The molecular formula is C50H75F3O9. The fraction of sp³-hybridized carbons (Fsp3) is 0.560. The van der Waals surface area contributed by atoms with Gasteiger partial charge in [0.1, 0.15) is 29.1 Å². The number of carbonyl (C=O) groups excluding carboxylic acids is 2. The van der Waals surface area contributed by atoms with Crippen molar-refractivity contribution in [2.45, 2.75) is 150 Å². The van der Waals surface area contributed by atoms with Gasteiger partial charge in [0.05, 0.1) is 45.7 Å². The highest BCUT2D eigenvalue weighted by Gasteiger charge is 2.29. The smallest absolute Gasteiger partial charge is 0.422 e. The molecule has 9 nitrogen and oxygen atoms in total. The van der Waals surface area contributed by atoms with Crippen LogP contribution >= 0.6 is 0 Å². The third-order valence-corrected chi connectivity index (χ3v) is 9.10. The van der Waals surface area contributed by atoms with Crippen LogP contribution in [-0.4, -0.2) is 70.5 Å². The van der Waals surface area contributed by atoms with Gasteiger partial charge in [-0.25, -0.2) is 0 Å². The minimum Gasteiger partial charge on any atom is -0.496 e. The number of hydrogen-bond donors (Lipinski definition) is 1. The van der Waals surface area contributed by atoms with Crippen molar-refractivity contribution in [1.29, 1.82) is 0 Å². The van der Waals surface area contributed by atoms with E-state index in [1.165, 1.54) is 43.2 Å². The van der Waals surface area contributed by atoms with Crippen LogP contribution in [0.2, 0.25) is 0 Å². The normalized spacial score (nSPS) is 12.0. The number of unbranched alkanes of at least 4 members (excludes halogenated alkanes) is 4. The first-order valence-electron chi connectivity index (χ1n) is 21.6. The number of rotatable bonds is 26. The van der Waals surface area contributed by atoms with Crippen molar-refractivity contribution in [1.82, 2.24) is 0 Å².